The molecule has 1 unspecified atom stereocenters. The summed E-state index contributed by atoms with van der Waals surface area (Å²) in [6.45, 7) is 2.02. The molecule has 0 spiro atoms. The van der Waals surface area contributed by atoms with E-state index in [1.165, 1.54) is 12.4 Å². The van der Waals surface area contributed by atoms with E-state index in [2.05, 4.69) is 4.98 Å². The van der Waals surface area contributed by atoms with Gasteiger partial charge in [-0.3, -0.25) is 14.9 Å². The SMILES string of the molecule is CC(C1CC1)N(C)C(=O)c1ccc(-n2ccnc2)c([N+](=O)[O-])c1. The largest absolute Gasteiger partial charge is 0.339 e. The Bertz CT molecular complexity index is 738. The molecule has 1 aromatic heterocycles. The van der Waals surface area contributed by atoms with Crippen LogP contribution in [0.4, 0.5) is 5.69 Å². The molecule has 7 heteroatoms. The first-order chi connectivity index (χ1) is 11.0. The molecule has 0 aliphatic heterocycles. The molecule has 0 radical (unpaired) electrons. The molecule has 1 atom stereocenters. The van der Waals surface area contributed by atoms with E-state index >= 15 is 0 Å². The van der Waals surface area contributed by atoms with Crippen LogP contribution in [-0.4, -0.2) is 38.4 Å². The van der Waals surface area contributed by atoms with Gasteiger partial charge in [0.2, 0.25) is 0 Å². The van der Waals surface area contributed by atoms with Gasteiger partial charge in [0.15, 0.2) is 0 Å². The van der Waals surface area contributed by atoms with Crippen LogP contribution in [0.3, 0.4) is 0 Å². The second-order valence-electron chi connectivity index (χ2n) is 5.92. The number of nitro benzene ring substituents is 1. The van der Waals surface area contributed by atoms with E-state index in [1.54, 1.807) is 41.0 Å². The molecule has 23 heavy (non-hydrogen) atoms. The molecule has 1 heterocycles. The first-order valence-electron chi connectivity index (χ1n) is 7.53. The number of carbonyl (C=O) groups is 1. The molecule has 120 valence electrons. The van der Waals surface area contributed by atoms with Crippen LogP contribution in [0.2, 0.25) is 0 Å². The second kappa shape index (κ2) is 5.83. The number of rotatable bonds is 5. The van der Waals surface area contributed by atoms with Crippen LogP contribution in [0.15, 0.2) is 36.9 Å². The number of aromatic nitrogens is 2. The fourth-order valence-electron chi connectivity index (χ4n) is 2.71. The Morgan fingerprint density at radius 2 is 2.22 bits per heavy atom. The lowest BCUT2D eigenvalue weighted by Crippen LogP contribution is -2.36. The number of carbonyl (C=O) groups excluding carboxylic acids is 1. The van der Waals surface area contributed by atoms with Crippen LogP contribution in [0.25, 0.3) is 5.69 Å². The van der Waals surface area contributed by atoms with E-state index in [4.69, 9.17) is 0 Å². The highest BCUT2D eigenvalue weighted by Gasteiger charge is 2.33. The Labute approximate surface area is 133 Å². The minimum Gasteiger partial charge on any atom is -0.339 e. The van der Waals surface area contributed by atoms with Crippen LogP contribution in [0, 0.1) is 16.0 Å². The van der Waals surface area contributed by atoms with E-state index in [-0.39, 0.29) is 17.6 Å². The van der Waals surface area contributed by atoms with Gasteiger partial charge in [0.1, 0.15) is 5.69 Å². The highest BCUT2D eigenvalue weighted by molar-refractivity contribution is 5.95. The van der Waals surface area contributed by atoms with Gasteiger partial charge in [0.25, 0.3) is 11.6 Å². The summed E-state index contributed by atoms with van der Waals surface area (Å²) in [7, 11) is 1.75. The topological polar surface area (TPSA) is 81.3 Å². The van der Waals surface area contributed by atoms with Gasteiger partial charge in [0, 0.05) is 37.1 Å². The second-order valence-corrected chi connectivity index (χ2v) is 5.92. The molecule has 0 bridgehead atoms. The smallest absolute Gasteiger partial charge is 0.294 e. The number of nitrogens with zero attached hydrogens (tertiary/aromatic N) is 4. The molecule has 2 aromatic rings. The fourth-order valence-corrected chi connectivity index (χ4v) is 2.71. The molecular formula is C16H18N4O3. The van der Waals surface area contributed by atoms with Crippen LogP contribution in [0.5, 0.6) is 0 Å². The minimum atomic E-state index is -0.476. The lowest BCUT2D eigenvalue weighted by atomic mass is 10.1. The van der Waals surface area contributed by atoms with Crippen molar-refractivity contribution in [2.24, 2.45) is 5.92 Å². The van der Waals surface area contributed by atoms with Gasteiger partial charge in [-0.15, -0.1) is 0 Å². The van der Waals surface area contributed by atoms with Gasteiger partial charge < -0.3 is 9.47 Å². The zero-order valence-corrected chi connectivity index (χ0v) is 13.0. The predicted molar refractivity (Wildman–Crippen MR) is 84.5 cm³/mol. The van der Waals surface area contributed by atoms with Crippen molar-refractivity contribution < 1.29 is 9.72 Å². The number of nitro groups is 1. The van der Waals surface area contributed by atoms with Gasteiger partial charge in [-0.25, -0.2) is 4.98 Å². The average molecular weight is 314 g/mol. The first kappa shape index (κ1) is 15.2. The van der Waals surface area contributed by atoms with Crippen molar-refractivity contribution >= 4 is 11.6 Å². The number of imidazole rings is 1. The standard InChI is InChI=1S/C16H18N4O3/c1-11(12-3-4-12)18(2)16(21)13-5-6-14(15(9-13)20(22)23)19-8-7-17-10-19/h5-12H,3-4H2,1-2H3. The van der Waals surface area contributed by atoms with Crippen molar-refractivity contribution in [2.75, 3.05) is 7.05 Å². The summed E-state index contributed by atoms with van der Waals surface area (Å²) < 4.78 is 1.56. The van der Waals surface area contributed by atoms with Crippen molar-refractivity contribution in [1.29, 1.82) is 0 Å². The summed E-state index contributed by atoms with van der Waals surface area (Å²) in [5, 5.41) is 11.4. The Kier molecular flexibility index (Phi) is 3.85. The van der Waals surface area contributed by atoms with Gasteiger partial charge in [0.05, 0.1) is 11.3 Å². The summed E-state index contributed by atoms with van der Waals surface area (Å²) in [4.78, 5) is 29.0. The summed E-state index contributed by atoms with van der Waals surface area (Å²) in [6, 6.07) is 4.70. The zero-order valence-electron chi connectivity index (χ0n) is 13.0. The third kappa shape index (κ3) is 2.94. The third-order valence-corrected chi connectivity index (χ3v) is 4.44. The van der Waals surface area contributed by atoms with Crippen LogP contribution >= 0.6 is 0 Å². The van der Waals surface area contributed by atoms with Crippen LogP contribution in [0.1, 0.15) is 30.1 Å². The lowest BCUT2D eigenvalue weighted by Gasteiger charge is -2.25. The number of hydrogen-bond acceptors (Lipinski definition) is 4. The molecule has 0 saturated heterocycles. The Balaban J connectivity index is 1.93. The summed E-state index contributed by atoms with van der Waals surface area (Å²) in [6.07, 6.45) is 6.95. The average Bonchev–Trinajstić information content (AvgIpc) is 3.26. The third-order valence-electron chi connectivity index (χ3n) is 4.44. The van der Waals surface area contributed by atoms with Crippen molar-refractivity contribution in [3.63, 3.8) is 0 Å². The molecule has 0 N–H and O–H groups in total. The maximum absolute atomic E-state index is 12.6. The van der Waals surface area contributed by atoms with Gasteiger partial charge >= 0.3 is 0 Å². The summed E-state index contributed by atoms with van der Waals surface area (Å²) >= 11 is 0. The van der Waals surface area contributed by atoms with Crippen molar-refractivity contribution in [1.82, 2.24) is 14.5 Å². The molecule has 1 amide bonds. The number of hydrogen-bond donors (Lipinski definition) is 0. The van der Waals surface area contributed by atoms with Gasteiger partial charge in [-0.1, -0.05) is 0 Å². The monoisotopic (exact) mass is 314 g/mol. The minimum absolute atomic E-state index is 0.110. The Morgan fingerprint density at radius 3 is 2.78 bits per heavy atom. The molecule has 1 aromatic carbocycles. The quantitative estimate of drug-likeness (QED) is 0.627. The van der Waals surface area contributed by atoms with E-state index in [1.807, 2.05) is 6.92 Å². The number of amides is 1. The van der Waals surface area contributed by atoms with Crippen LogP contribution < -0.4 is 0 Å². The van der Waals surface area contributed by atoms with E-state index in [0.717, 1.165) is 12.8 Å². The normalized spacial score (nSPS) is 15.2. The fraction of sp³-hybridized carbons (Fsp3) is 0.375. The van der Waals surface area contributed by atoms with E-state index in [9.17, 15) is 14.9 Å². The molecular weight excluding hydrogens is 296 g/mol. The highest BCUT2D eigenvalue weighted by Crippen LogP contribution is 2.35. The maximum atomic E-state index is 12.6. The van der Waals surface area contributed by atoms with Gasteiger partial charge in [-0.05, 0) is 37.8 Å². The first-order valence-corrected chi connectivity index (χ1v) is 7.53. The molecule has 3 rings (SSSR count). The Hall–Kier alpha value is -2.70. The van der Waals surface area contributed by atoms with Crippen LogP contribution in [-0.2, 0) is 0 Å². The molecule has 1 saturated carbocycles. The van der Waals surface area contributed by atoms with Crippen molar-refractivity contribution in [2.45, 2.75) is 25.8 Å². The lowest BCUT2D eigenvalue weighted by molar-refractivity contribution is -0.384. The van der Waals surface area contributed by atoms with Gasteiger partial charge in [-0.2, -0.15) is 0 Å². The molecule has 1 aliphatic rings. The molecule has 1 fully saturated rings. The molecule has 1 aliphatic carbocycles. The summed E-state index contributed by atoms with van der Waals surface area (Å²) in [5.41, 5.74) is 0.610. The summed E-state index contributed by atoms with van der Waals surface area (Å²) in [5.74, 6) is 0.355. The van der Waals surface area contributed by atoms with E-state index < -0.39 is 4.92 Å². The predicted octanol–water partition coefficient (Wildman–Crippen LogP) is 2.65. The Morgan fingerprint density at radius 1 is 1.48 bits per heavy atom. The molecule has 7 nitrogen and oxygen atoms in total. The number of benzene rings is 1. The van der Waals surface area contributed by atoms with Crippen molar-refractivity contribution in [3.05, 3.63) is 52.6 Å². The zero-order chi connectivity index (χ0) is 16.6. The van der Waals surface area contributed by atoms with E-state index in [0.29, 0.717) is 17.2 Å². The van der Waals surface area contributed by atoms with Crippen molar-refractivity contribution in [3.8, 4) is 5.69 Å². The maximum Gasteiger partial charge on any atom is 0.294 e. The highest BCUT2D eigenvalue weighted by atomic mass is 16.6.